The minimum atomic E-state index is -2.53. The van der Waals surface area contributed by atoms with Crippen LogP contribution in [0.1, 0.15) is 31.4 Å². The fraction of sp³-hybridized carbons (Fsp3) is 0.647. The Morgan fingerprint density at radius 3 is 2.67 bits per heavy atom. The summed E-state index contributed by atoms with van der Waals surface area (Å²) in [6.07, 6.45) is 1.47. The molecule has 2 heterocycles. The van der Waals surface area contributed by atoms with Gasteiger partial charge in [0.1, 0.15) is 5.82 Å². The third-order valence-electron chi connectivity index (χ3n) is 4.75. The summed E-state index contributed by atoms with van der Waals surface area (Å²) in [6.45, 7) is 3.99. The number of piperidine rings is 1. The predicted molar refractivity (Wildman–Crippen MR) is 88.4 cm³/mol. The molecule has 2 aliphatic rings. The Morgan fingerprint density at radius 2 is 2.04 bits per heavy atom. The molecule has 0 aromatic carbocycles. The lowest BCUT2D eigenvalue weighted by Crippen LogP contribution is -2.50. The highest BCUT2D eigenvalue weighted by Gasteiger charge is 2.45. The summed E-state index contributed by atoms with van der Waals surface area (Å²) < 4.78 is 25.5. The quantitative estimate of drug-likeness (QED) is 0.887. The maximum atomic E-state index is 12.7. The molecule has 1 saturated carbocycles. The number of halogens is 2. The van der Waals surface area contributed by atoms with E-state index in [0.717, 1.165) is 37.4 Å². The second-order valence-electron chi connectivity index (χ2n) is 6.88. The van der Waals surface area contributed by atoms with Gasteiger partial charge in [0.2, 0.25) is 5.92 Å². The minimum absolute atomic E-state index is 0.0972. The highest BCUT2D eigenvalue weighted by atomic mass is 19.3. The number of carbonyl (C=O) groups is 1. The van der Waals surface area contributed by atoms with E-state index in [-0.39, 0.29) is 30.8 Å². The van der Waals surface area contributed by atoms with E-state index in [9.17, 15) is 13.6 Å². The Kier molecular flexibility index (Phi) is 4.87. The van der Waals surface area contributed by atoms with Crippen LogP contribution in [0.5, 0.6) is 0 Å². The SMILES string of the molecule is Cc1cccc(N2CCC(NC(=O)NCC3CC(F)(F)C3)CC2)n1. The number of alkyl halides is 2. The number of nitrogens with zero attached hydrogens (tertiary/aromatic N) is 2. The second-order valence-corrected chi connectivity index (χ2v) is 6.88. The highest BCUT2D eigenvalue weighted by molar-refractivity contribution is 5.74. The molecule has 5 nitrogen and oxygen atoms in total. The van der Waals surface area contributed by atoms with Crippen molar-refractivity contribution in [2.24, 2.45) is 5.92 Å². The molecule has 1 saturated heterocycles. The number of hydrogen-bond acceptors (Lipinski definition) is 3. The fourth-order valence-corrected chi connectivity index (χ4v) is 3.36. The first-order valence-corrected chi connectivity index (χ1v) is 8.52. The summed E-state index contributed by atoms with van der Waals surface area (Å²) in [5.74, 6) is -1.65. The molecule has 2 amide bonds. The summed E-state index contributed by atoms with van der Waals surface area (Å²) in [5.41, 5.74) is 0.994. The zero-order chi connectivity index (χ0) is 17.2. The molecule has 2 fully saturated rings. The zero-order valence-electron chi connectivity index (χ0n) is 13.9. The van der Waals surface area contributed by atoms with Crippen LogP contribution in [0.4, 0.5) is 19.4 Å². The van der Waals surface area contributed by atoms with Crippen molar-refractivity contribution < 1.29 is 13.6 Å². The monoisotopic (exact) mass is 338 g/mol. The molecule has 0 radical (unpaired) electrons. The molecule has 1 aliphatic carbocycles. The van der Waals surface area contributed by atoms with E-state index >= 15 is 0 Å². The predicted octanol–water partition coefficient (Wildman–Crippen LogP) is 2.70. The van der Waals surface area contributed by atoms with Gasteiger partial charge < -0.3 is 15.5 Å². The summed E-state index contributed by atoms with van der Waals surface area (Å²) >= 11 is 0. The largest absolute Gasteiger partial charge is 0.356 e. The third-order valence-corrected chi connectivity index (χ3v) is 4.75. The Hall–Kier alpha value is -1.92. The standard InChI is InChI=1S/C17H24F2N4O/c1-12-3-2-4-15(21-12)23-7-5-14(6-8-23)22-16(24)20-11-13-9-17(18,19)10-13/h2-4,13-14H,5-11H2,1H3,(H2,20,22,24). The number of hydrogen-bond donors (Lipinski definition) is 2. The van der Waals surface area contributed by atoms with Gasteiger partial charge in [0.25, 0.3) is 0 Å². The summed E-state index contributed by atoms with van der Waals surface area (Å²) in [5, 5.41) is 5.65. The third kappa shape index (κ3) is 4.33. The first-order valence-electron chi connectivity index (χ1n) is 8.52. The van der Waals surface area contributed by atoms with E-state index in [2.05, 4.69) is 20.5 Å². The lowest BCUT2D eigenvalue weighted by Gasteiger charge is -2.35. The van der Waals surface area contributed by atoms with Crippen LogP contribution in [0.3, 0.4) is 0 Å². The second kappa shape index (κ2) is 6.91. The Labute approximate surface area is 140 Å². The minimum Gasteiger partial charge on any atom is -0.356 e. The average Bonchev–Trinajstić information content (AvgIpc) is 2.51. The van der Waals surface area contributed by atoms with Crippen LogP contribution < -0.4 is 15.5 Å². The van der Waals surface area contributed by atoms with Crippen molar-refractivity contribution in [2.75, 3.05) is 24.5 Å². The smallest absolute Gasteiger partial charge is 0.315 e. The summed E-state index contributed by atoms with van der Waals surface area (Å²) in [7, 11) is 0. The molecule has 3 rings (SSSR count). The topological polar surface area (TPSA) is 57.3 Å². The van der Waals surface area contributed by atoms with Gasteiger partial charge in [0, 0.05) is 44.2 Å². The number of pyridine rings is 1. The van der Waals surface area contributed by atoms with E-state index in [1.807, 2.05) is 25.1 Å². The van der Waals surface area contributed by atoms with Crippen molar-refractivity contribution >= 4 is 11.8 Å². The molecule has 0 unspecified atom stereocenters. The van der Waals surface area contributed by atoms with Gasteiger partial charge in [-0.1, -0.05) is 6.07 Å². The van der Waals surface area contributed by atoms with Crippen LogP contribution in [-0.4, -0.2) is 42.6 Å². The van der Waals surface area contributed by atoms with Gasteiger partial charge in [-0.25, -0.2) is 18.6 Å². The number of urea groups is 1. The molecule has 0 spiro atoms. The van der Waals surface area contributed by atoms with Gasteiger partial charge in [0.05, 0.1) is 0 Å². The Balaban J connectivity index is 1.37. The van der Waals surface area contributed by atoms with Crippen LogP contribution in [0, 0.1) is 12.8 Å². The van der Waals surface area contributed by atoms with Crippen molar-refractivity contribution in [3.05, 3.63) is 23.9 Å². The zero-order valence-corrected chi connectivity index (χ0v) is 13.9. The Bertz CT molecular complexity index is 580. The van der Waals surface area contributed by atoms with E-state index in [1.54, 1.807) is 0 Å². The van der Waals surface area contributed by atoms with Gasteiger partial charge in [-0.2, -0.15) is 0 Å². The highest BCUT2D eigenvalue weighted by Crippen LogP contribution is 2.41. The number of carbonyl (C=O) groups excluding carboxylic acids is 1. The molecule has 1 aromatic heterocycles. The molecular formula is C17H24F2N4O. The van der Waals surface area contributed by atoms with Crippen LogP contribution >= 0.6 is 0 Å². The van der Waals surface area contributed by atoms with E-state index in [0.29, 0.717) is 6.54 Å². The van der Waals surface area contributed by atoms with E-state index in [1.165, 1.54) is 0 Å². The number of aryl methyl sites for hydroxylation is 1. The number of aromatic nitrogens is 1. The maximum absolute atomic E-state index is 12.7. The molecule has 7 heteroatoms. The van der Waals surface area contributed by atoms with Crippen LogP contribution in [0.2, 0.25) is 0 Å². The average molecular weight is 338 g/mol. The van der Waals surface area contributed by atoms with Crippen molar-refractivity contribution in [1.82, 2.24) is 15.6 Å². The van der Waals surface area contributed by atoms with Crippen molar-refractivity contribution in [3.63, 3.8) is 0 Å². The molecule has 0 atom stereocenters. The molecule has 1 aliphatic heterocycles. The van der Waals surface area contributed by atoms with Crippen LogP contribution in [0.25, 0.3) is 0 Å². The molecule has 1 aromatic rings. The molecular weight excluding hydrogens is 314 g/mol. The first-order chi connectivity index (χ1) is 11.4. The molecule has 132 valence electrons. The molecule has 24 heavy (non-hydrogen) atoms. The molecule has 0 bridgehead atoms. The van der Waals surface area contributed by atoms with Crippen molar-refractivity contribution in [2.45, 2.75) is 44.6 Å². The number of nitrogens with one attached hydrogen (secondary N) is 2. The van der Waals surface area contributed by atoms with E-state index < -0.39 is 5.92 Å². The van der Waals surface area contributed by atoms with Crippen molar-refractivity contribution in [1.29, 1.82) is 0 Å². The number of anilines is 1. The Morgan fingerprint density at radius 1 is 1.33 bits per heavy atom. The summed E-state index contributed by atoms with van der Waals surface area (Å²) in [6, 6.07) is 5.84. The first kappa shape index (κ1) is 16.9. The number of amides is 2. The van der Waals surface area contributed by atoms with Crippen LogP contribution in [-0.2, 0) is 0 Å². The van der Waals surface area contributed by atoms with Gasteiger partial charge in [-0.15, -0.1) is 0 Å². The van der Waals surface area contributed by atoms with Gasteiger partial charge >= 0.3 is 6.03 Å². The van der Waals surface area contributed by atoms with E-state index in [4.69, 9.17) is 0 Å². The molecule has 2 N–H and O–H groups in total. The van der Waals surface area contributed by atoms with Crippen LogP contribution in [0.15, 0.2) is 18.2 Å². The lowest BCUT2D eigenvalue weighted by molar-refractivity contribution is -0.108. The fourth-order valence-electron chi connectivity index (χ4n) is 3.36. The maximum Gasteiger partial charge on any atom is 0.315 e. The van der Waals surface area contributed by atoms with Gasteiger partial charge in [0.15, 0.2) is 0 Å². The normalized spacial score (nSPS) is 21.2. The number of rotatable bonds is 4. The van der Waals surface area contributed by atoms with Crippen molar-refractivity contribution in [3.8, 4) is 0 Å². The van der Waals surface area contributed by atoms with Gasteiger partial charge in [-0.3, -0.25) is 0 Å². The van der Waals surface area contributed by atoms with Gasteiger partial charge in [-0.05, 0) is 37.8 Å². The summed E-state index contributed by atoms with van der Waals surface area (Å²) in [4.78, 5) is 18.6. The lowest BCUT2D eigenvalue weighted by atomic mass is 9.81.